The predicted octanol–water partition coefficient (Wildman–Crippen LogP) is 2.52. The largest absolute Gasteiger partial charge is 0.494 e. The molecule has 1 aromatic rings. The van der Waals surface area contributed by atoms with Crippen molar-refractivity contribution in [2.45, 2.75) is 26.7 Å². The summed E-state index contributed by atoms with van der Waals surface area (Å²) in [4.78, 5) is 11.6. The van der Waals surface area contributed by atoms with Gasteiger partial charge in [0, 0.05) is 17.5 Å². The fourth-order valence-corrected chi connectivity index (χ4v) is 2.04. The third-order valence-electron chi connectivity index (χ3n) is 2.66. The van der Waals surface area contributed by atoms with Gasteiger partial charge in [-0.05, 0) is 31.9 Å². The standard InChI is InChI=1S/C12H14O2/c1-3-14-11-7-4-8(2)12-9(11)5-6-10(12)13/h4,7H,3,5-6H2,1-2H3. The molecule has 0 unspecified atom stereocenters. The molecule has 0 saturated heterocycles. The summed E-state index contributed by atoms with van der Waals surface area (Å²) in [6.07, 6.45) is 1.48. The normalized spacial score (nSPS) is 14.3. The van der Waals surface area contributed by atoms with E-state index in [0.29, 0.717) is 13.0 Å². The van der Waals surface area contributed by atoms with Crippen LogP contribution in [0.1, 0.15) is 34.8 Å². The van der Waals surface area contributed by atoms with E-state index in [1.807, 2.05) is 26.0 Å². The van der Waals surface area contributed by atoms with Gasteiger partial charge in [0.25, 0.3) is 0 Å². The summed E-state index contributed by atoms with van der Waals surface area (Å²) in [5.74, 6) is 1.15. The Balaban J connectivity index is 2.53. The summed E-state index contributed by atoms with van der Waals surface area (Å²) in [6.45, 7) is 4.60. The van der Waals surface area contributed by atoms with Crippen molar-refractivity contribution < 1.29 is 9.53 Å². The molecule has 1 aromatic carbocycles. The number of benzene rings is 1. The number of hydrogen-bond acceptors (Lipinski definition) is 2. The van der Waals surface area contributed by atoms with E-state index in [0.717, 1.165) is 28.9 Å². The average molecular weight is 190 g/mol. The third kappa shape index (κ3) is 1.31. The maximum absolute atomic E-state index is 11.6. The van der Waals surface area contributed by atoms with Crippen LogP contribution in [-0.2, 0) is 6.42 Å². The smallest absolute Gasteiger partial charge is 0.163 e. The number of aryl methyl sites for hydroxylation is 1. The number of hydrogen-bond donors (Lipinski definition) is 0. The topological polar surface area (TPSA) is 26.3 Å². The zero-order chi connectivity index (χ0) is 10.1. The molecular weight excluding hydrogens is 176 g/mol. The zero-order valence-corrected chi connectivity index (χ0v) is 8.59. The van der Waals surface area contributed by atoms with E-state index in [1.54, 1.807) is 0 Å². The SMILES string of the molecule is CCOc1ccc(C)c2c1CCC2=O. The predicted molar refractivity (Wildman–Crippen MR) is 55.0 cm³/mol. The number of rotatable bonds is 2. The summed E-state index contributed by atoms with van der Waals surface area (Å²) in [5, 5.41) is 0. The molecule has 0 amide bonds. The molecule has 2 rings (SSSR count). The van der Waals surface area contributed by atoms with Crippen LogP contribution in [0.25, 0.3) is 0 Å². The van der Waals surface area contributed by atoms with Crippen LogP contribution in [0, 0.1) is 6.92 Å². The quantitative estimate of drug-likeness (QED) is 0.716. The Labute approximate surface area is 83.9 Å². The van der Waals surface area contributed by atoms with Gasteiger partial charge in [-0.25, -0.2) is 0 Å². The fraction of sp³-hybridized carbons (Fsp3) is 0.417. The number of carbonyl (C=O) groups excluding carboxylic acids is 1. The molecule has 2 nitrogen and oxygen atoms in total. The Bertz CT molecular complexity index is 380. The first-order valence-corrected chi connectivity index (χ1v) is 5.02. The number of Topliss-reactive ketones (excluding diaryl/α,β-unsaturated/α-hetero) is 1. The maximum Gasteiger partial charge on any atom is 0.163 e. The molecule has 1 aliphatic rings. The number of ether oxygens (including phenoxy) is 1. The molecule has 0 saturated carbocycles. The van der Waals surface area contributed by atoms with Gasteiger partial charge < -0.3 is 4.74 Å². The van der Waals surface area contributed by atoms with E-state index < -0.39 is 0 Å². The monoisotopic (exact) mass is 190 g/mol. The molecule has 0 fully saturated rings. The maximum atomic E-state index is 11.6. The molecular formula is C12H14O2. The van der Waals surface area contributed by atoms with Crippen molar-refractivity contribution in [3.8, 4) is 5.75 Å². The van der Waals surface area contributed by atoms with Crippen molar-refractivity contribution in [3.63, 3.8) is 0 Å². The van der Waals surface area contributed by atoms with Gasteiger partial charge in [-0.15, -0.1) is 0 Å². The summed E-state index contributed by atoms with van der Waals surface area (Å²) in [7, 11) is 0. The minimum Gasteiger partial charge on any atom is -0.494 e. The van der Waals surface area contributed by atoms with E-state index >= 15 is 0 Å². The van der Waals surface area contributed by atoms with E-state index in [2.05, 4.69) is 0 Å². The van der Waals surface area contributed by atoms with Gasteiger partial charge in [0.1, 0.15) is 5.75 Å². The first kappa shape index (κ1) is 9.25. The van der Waals surface area contributed by atoms with Crippen molar-refractivity contribution in [2.24, 2.45) is 0 Å². The van der Waals surface area contributed by atoms with Crippen molar-refractivity contribution in [1.82, 2.24) is 0 Å². The van der Waals surface area contributed by atoms with E-state index in [-0.39, 0.29) is 5.78 Å². The zero-order valence-electron chi connectivity index (χ0n) is 8.59. The van der Waals surface area contributed by atoms with Crippen LogP contribution in [0.2, 0.25) is 0 Å². The third-order valence-corrected chi connectivity index (χ3v) is 2.66. The Morgan fingerprint density at radius 3 is 2.86 bits per heavy atom. The fourth-order valence-electron chi connectivity index (χ4n) is 2.04. The van der Waals surface area contributed by atoms with Crippen molar-refractivity contribution >= 4 is 5.78 Å². The average Bonchev–Trinajstić information content (AvgIpc) is 2.54. The Morgan fingerprint density at radius 1 is 1.36 bits per heavy atom. The first-order valence-electron chi connectivity index (χ1n) is 5.02. The molecule has 0 radical (unpaired) electrons. The Kier molecular flexibility index (Phi) is 2.28. The van der Waals surface area contributed by atoms with Gasteiger partial charge in [-0.3, -0.25) is 4.79 Å². The molecule has 0 N–H and O–H groups in total. The highest BCUT2D eigenvalue weighted by molar-refractivity contribution is 6.02. The lowest BCUT2D eigenvalue weighted by Gasteiger charge is -2.09. The lowest BCUT2D eigenvalue weighted by molar-refractivity contribution is 0.0994. The molecule has 14 heavy (non-hydrogen) atoms. The molecule has 0 heterocycles. The van der Waals surface area contributed by atoms with Crippen LogP contribution < -0.4 is 4.74 Å². The van der Waals surface area contributed by atoms with Crippen LogP contribution in [0.4, 0.5) is 0 Å². The lowest BCUT2D eigenvalue weighted by Crippen LogP contribution is -1.99. The van der Waals surface area contributed by atoms with Crippen LogP contribution in [0.3, 0.4) is 0 Å². The molecule has 1 aliphatic carbocycles. The molecule has 0 spiro atoms. The number of ketones is 1. The van der Waals surface area contributed by atoms with Gasteiger partial charge in [-0.2, -0.15) is 0 Å². The molecule has 0 aliphatic heterocycles. The minimum atomic E-state index is 0.263. The van der Waals surface area contributed by atoms with E-state index in [1.165, 1.54) is 0 Å². The van der Waals surface area contributed by atoms with Crippen molar-refractivity contribution in [3.05, 3.63) is 28.8 Å². The number of fused-ring (bicyclic) bond motifs is 1. The van der Waals surface area contributed by atoms with E-state index in [9.17, 15) is 4.79 Å². The van der Waals surface area contributed by atoms with E-state index in [4.69, 9.17) is 4.74 Å². The van der Waals surface area contributed by atoms with Gasteiger partial charge in [0.15, 0.2) is 5.78 Å². The Morgan fingerprint density at radius 2 is 2.14 bits per heavy atom. The summed E-state index contributed by atoms with van der Waals surface area (Å²) >= 11 is 0. The second-order valence-corrected chi connectivity index (χ2v) is 3.59. The van der Waals surface area contributed by atoms with Crippen molar-refractivity contribution in [1.29, 1.82) is 0 Å². The van der Waals surface area contributed by atoms with Gasteiger partial charge in [0.05, 0.1) is 6.61 Å². The van der Waals surface area contributed by atoms with Gasteiger partial charge in [0.2, 0.25) is 0 Å². The minimum absolute atomic E-state index is 0.263. The summed E-state index contributed by atoms with van der Waals surface area (Å²) < 4.78 is 5.50. The number of carbonyl (C=O) groups is 1. The summed E-state index contributed by atoms with van der Waals surface area (Å²) in [5.41, 5.74) is 3.08. The highest BCUT2D eigenvalue weighted by Crippen LogP contribution is 2.32. The second-order valence-electron chi connectivity index (χ2n) is 3.59. The van der Waals surface area contributed by atoms with Gasteiger partial charge >= 0.3 is 0 Å². The Hall–Kier alpha value is -1.31. The highest BCUT2D eigenvalue weighted by Gasteiger charge is 2.24. The van der Waals surface area contributed by atoms with Crippen LogP contribution in [0.15, 0.2) is 12.1 Å². The first-order chi connectivity index (χ1) is 6.74. The highest BCUT2D eigenvalue weighted by atomic mass is 16.5. The molecule has 0 aromatic heterocycles. The van der Waals surface area contributed by atoms with Crippen molar-refractivity contribution in [2.75, 3.05) is 6.61 Å². The molecule has 0 atom stereocenters. The molecule has 2 heteroatoms. The van der Waals surface area contributed by atoms with Crippen LogP contribution >= 0.6 is 0 Å². The van der Waals surface area contributed by atoms with Crippen LogP contribution in [0.5, 0.6) is 5.75 Å². The lowest BCUT2D eigenvalue weighted by atomic mass is 10.0. The van der Waals surface area contributed by atoms with Crippen LogP contribution in [-0.4, -0.2) is 12.4 Å². The van der Waals surface area contributed by atoms with Gasteiger partial charge in [-0.1, -0.05) is 6.07 Å². The molecule has 0 bridgehead atoms. The second kappa shape index (κ2) is 3.45. The molecule has 74 valence electrons. The summed E-state index contributed by atoms with van der Waals surface area (Å²) in [6, 6.07) is 3.93.